The van der Waals surface area contributed by atoms with E-state index in [0.29, 0.717) is 4.88 Å². The number of rotatable bonds is 5. The Labute approximate surface area is 140 Å². The Hall–Kier alpha value is -2.14. The standard InChI is InChI=1S/C18H22N2O2S/c1-5-14-6-7-15(23-14)18(22)19-10-16(21)20-17-12(3)8-11(2)9-13(17)4/h6-9H,5,10H2,1-4H3,(H,19,22)(H,20,21). The number of amides is 2. The molecule has 2 rings (SSSR count). The molecule has 122 valence electrons. The SMILES string of the molecule is CCc1ccc(C(=O)NCC(=O)Nc2c(C)cc(C)cc2C)s1. The van der Waals surface area contributed by atoms with E-state index in [0.717, 1.165) is 33.7 Å². The molecule has 4 nitrogen and oxygen atoms in total. The van der Waals surface area contributed by atoms with Gasteiger partial charge < -0.3 is 10.6 Å². The fourth-order valence-corrected chi connectivity index (χ4v) is 3.36. The van der Waals surface area contributed by atoms with Crippen LogP contribution in [0.3, 0.4) is 0 Å². The van der Waals surface area contributed by atoms with Gasteiger partial charge in [-0.25, -0.2) is 0 Å². The van der Waals surface area contributed by atoms with E-state index in [4.69, 9.17) is 0 Å². The van der Waals surface area contributed by atoms with Gasteiger partial charge in [0.15, 0.2) is 0 Å². The smallest absolute Gasteiger partial charge is 0.261 e. The molecule has 0 aliphatic heterocycles. The van der Waals surface area contributed by atoms with Crippen molar-refractivity contribution in [3.05, 3.63) is 50.7 Å². The van der Waals surface area contributed by atoms with E-state index < -0.39 is 0 Å². The molecule has 1 aromatic heterocycles. The van der Waals surface area contributed by atoms with Crippen molar-refractivity contribution in [1.82, 2.24) is 5.32 Å². The Morgan fingerprint density at radius 2 is 1.74 bits per heavy atom. The lowest BCUT2D eigenvalue weighted by molar-refractivity contribution is -0.115. The molecule has 0 saturated heterocycles. The van der Waals surface area contributed by atoms with Gasteiger partial charge >= 0.3 is 0 Å². The van der Waals surface area contributed by atoms with Crippen molar-refractivity contribution in [3.63, 3.8) is 0 Å². The van der Waals surface area contributed by atoms with Gasteiger partial charge in [-0.3, -0.25) is 9.59 Å². The number of nitrogens with one attached hydrogen (secondary N) is 2. The fourth-order valence-electron chi connectivity index (χ4n) is 2.50. The van der Waals surface area contributed by atoms with E-state index in [2.05, 4.69) is 10.6 Å². The Balaban J connectivity index is 1.94. The number of thiophene rings is 1. The second kappa shape index (κ2) is 7.42. The topological polar surface area (TPSA) is 58.2 Å². The molecule has 0 radical (unpaired) electrons. The van der Waals surface area contributed by atoms with Crippen LogP contribution in [0.1, 0.15) is 38.2 Å². The zero-order valence-electron chi connectivity index (χ0n) is 13.9. The van der Waals surface area contributed by atoms with Crippen LogP contribution in [0, 0.1) is 20.8 Å². The minimum Gasteiger partial charge on any atom is -0.342 e. The van der Waals surface area contributed by atoms with Gasteiger partial charge in [0.25, 0.3) is 5.91 Å². The van der Waals surface area contributed by atoms with Gasteiger partial charge in [0.05, 0.1) is 11.4 Å². The summed E-state index contributed by atoms with van der Waals surface area (Å²) in [4.78, 5) is 25.9. The highest BCUT2D eigenvalue weighted by atomic mass is 32.1. The van der Waals surface area contributed by atoms with Crippen LogP contribution >= 0.6 is 11.3 Å². The Morgan fingerprint density at radius 1 is 1.09 bits per heavy atom. The van der Waals surface area contributed by atoms with E-state index in [9.17, 15) is 9.59 Å². The van der Waals surface area contributed by atoms with E-state index in [1.165, 1.54) is 11.3 Å². The lowest BCUT2D eigenvalue weighted by atomic mass is 10.1. The largest absolute Gasteiger partial charge is 0.342 e. The number of carbonyl (C=O) groups is 2. The Kier molecular flexibility index (Phi) is 5.55. The van der Waals surface area contributed by atoms with Crippen molar-refractivity contribution in [1.29, 1.82) is 0 Å². The number of aryl methyl sites for hydroxylation is 4. The maximum absolute atomic E-state index is 12.1. The van der Waals surface area contributed by atoms with Gasteiger partial charge in [0.1, 0.15) is 0 Å². The molecule has 2 N–H and O–H groups in total. The molecule has 23 heavy (non-hydrogen) atoms. The van der Waals surface area contributed by atoms with Crippen LogP contribution in [0.5, 0.6) is 0 Å². The summed E-state index contributed by atoms with van der Waals surface area (Å²) in [5.41, 5.74) is 4.02. The normalized spacial score (nSPS) is 10.4. The third-order valence-corrected chi connectivity index (χ3v) is 4.81. The van der Waals surface area contributed by atoms with Crippen LogP contribution in [-0.4, -0.2) is 18.4 Å². The molecule has 1 heterocycles. The van der Waals surface area contributed by atoms with Gasteiger partial charge in [0, 0.05) is 10.6 Å². The van der Waals surface area contributed by atoms with E-state index in [1.807, 2.05) is 45.9 Å². The molecule has 2 aromatic rings. The summed E-state index contributed by atoms with van der Waals surface area (Å²) < 4.78 is 0. The van der Waals surface area contributed by atoms with Crippen LogP contribution in [0.2, 0.25) is 0 Å². The maximum Gasteiger partial charge on any atom is 0.261 e. The third kappa shape index (κ3) is 4.42. The van der Waals surface area contributed by atoms with Crippen molar-refractivity contribution in [2.24, 2.45) is 0 Å². The van der Waals surface area contributed by atoms with Gasteiger partial charge in [-0.05, 0) is 50.5 Å². The molecule has 0 aliphatic carbocycles. The summed E-state index contributed by atoms with van der Waals surface area (Å²) in [6.07, 6.45) is 0.907. The average molecular weight is 330 g/mol. The molecule has 5 heteroatoms. The fraction of sp³-hybridized carbons (Fsp3) is 0.333. The summed E-state index contributed by atoms with van der Waals surface area (Å²) >= 11 is 1.46. The number of hydrogen-bond acceptors (Lipinski definition) is 3. The number of hydrogen-bond donors (Lipinski definition) is 2. The molecule has 0 atom stereocenters. The quantitative estimate of drug-likeness (QED) is 0.880. The van der Waals surface area contributed by atoms with E-state index in [1.54, 1.807) is 6.07 Å². The molecule has 1 aromatic carbocycles. The molecule has 0 fully saturated rings. The summed E-state index contributed by atoms with van der Waals surface area (Å²) in [6, 6.07) is 7.79. The first-order chi connectivity index (χ1) is 10.9. The first-order valence-electron chi connectivity index (χ1n) is 7.65. The van der Waals surface area contributed by atoms with Crippen molar-refractivity contribution in [2.45, 2.75) is 34.1 Å². The van der Waals surface area contributed by atoms with E-state index in [-0.39, 0.29) is 18.4 Å². The minimum atomic E-state index is -0.222. The molecule has 0 aliphatic rings. The molecular formula is C18H22N2O2S. The molecule has 0 spiro atoms. The average Bonchev–Trinajstić information content (AvgIpc) is 2.97. The Morgan fingerprint density at radius 3 is 2.30 bits per heavy atom. The molecular weight excluding hydrogens is 308 g/mol. The van der Waals surface area contributed by atoms with Gasteiger partial charge in [-0.1, -0.05) is 24.6 Å². The zero-order valence-corrected chi connectivity index (χ0v) is 14.8. The number of benzene rings is 1. The first kappa shape index (κ1) is 17.2. The highest BCUT2D eigenvalue weighted by molar-refractivity contribution is 7.14. The van der Waals surface area contributed by atoms with Crippen molar-refractivity contribution >= 4 is 28.8 Å². The lowest BCUT2D eigenvalue weighted by Crippen LogP contribution is -2.32. The van der Waals surface area contributed by atoms with Crippen LogP contribution in [0.4, 0.5) is 5.69 Å². The summed E-state index contributed by atoms with van der Waals surface area (Å²) in [6.45, 7) is 7.97. The minimum absolute atomic E-state index is 0.0368. The monoisotopic (exact) mass is 330 g/mol. The molecule has 0 saturated carbocycles. The summed E-state index contributed by atoms with van der Waals surface area (Å²) in [5, 5.41) is 5.54. The zero-order chi connectivity index (χ0) is 17.0. The van der Waals surface area contributed by atoms with Crippen molar-refractivity contribution in [3.8, 4) is 0 Å². The maximum atomic E-state index is 12.1. The van der Waals surface area contributed by atoms with Crippen LogP contribution < -0.4 is 10.6 Å². The third-order valence-electron chi connectivity index (χ3n) is 3.58. The highest BCUT2D eigenvalue weighted by Gasteiger charge is 2.12. The van der Waals surface area contributed by atoms with Gasteiger partial charge in [-0.2, -0.15) is 0 Å². The Bertz CT molecular complexity index is 711. The second-order valence-electron chi connectivity index (χ2n) is 5.62. The van der Waals surface area contributed by atoms with Crippen LogP contribution in [0.25, 0.3) is 0 Å². The summed E-state index contributed by atoms with van der Waals surface area (Å²) in [7, 11) is 0. The van der Waals surface area contributed by atoms with Crippen molar-refractivity contribution < 1.29 is 9.59 Å². The van der Waals surface area contributed by atoms with Gasteiger partial charge in [-0.15, -0.1) is 11.3 Å². The van der Waals surface area contributed by atoms with Crippen LogP contribution in [-0.2, 0) is 11.2 Å². The van der Waals surface area contributed by atoms with E-state index >= 15 is 0 Å². The summed E-state index contributed by atoms with van der Waals surface area (Å²) in [5.74, 6) is -0.428. The molecule has 2 amide bonds. The van der Waals surface area contributed by atoms with Crippen LogP contribution in [0.15, 0.2) is 24.3 Å². The van der Waals surface area contributed by atoms with Crippen molar-refractivity contribution in [2.75, 3.05) is 11.9 Å². The first-order valence-corrected chi connectivity index (χ1v) is 8.47. The second-order valence-corrected chi connectivity index (χ2v) is 6.79. The van der Waals surface area contributed by atoms with Gasteiger partial charge in [0.2, 0.25) is 5.91 Å². The number of carbonyl (C=O) groups excluding carboxylic acids is 2. The molecule has 0 unspecified atom stereocenters. The highest BCUT2D eigenvalue weighted by Crippen LogP contribution is 2.21. The lowest BCUT2D eigenvalue weighted by Gasteiger charge is -2.13. The molecule has 0 bridgehead atoms. The predicted molar refractivity (Wildman–Crippen MR) is 95.3 cm³/mol. The predicted octanol–water partition coefficient (Wildman–Crippen LogP) is 3.60. The number of anilines is 1.